The fraction of sp³-hybridized carbons (Fsp3) is 0.500. The van der Waals surface area contributed by atoms with Crippen LogP contribution in [0, 0.1) is 6.92 Å². The minimum Gasteiger partial charge on any atom is -0.398 e. The summed E-state index contributed by atoms with van der Waals surface area (Å²) >= 11 is 0. The molecule has 0 radical (unpaired) electrons. The van der Waals surface area contributed by atoms with Gasteiger partial charge in [-0.05, 0) is 19.4 Å². The zero-order valence-corrected chi connectivity index (χ0v) is 10.5. The predicted molar refractivity (Wildman–Crippen MR) is 66.2 cm³/mol. The molecule has 1 rings (SSSR count). The average molecular weight is 243 g/mol. The quantitative estimate of drug-likeness (QED) is 0.817. The highest BCUT2D eigenvalue weighted by atomic mass is 32.2. The summed E-state index contributed by atoms with van der Waals surface area (Å²) in [5.74, 6) is 0.668. The second-order valence-electron chi connectivity index (χ2n) is 4.06. The second kappa shape index (κ2) is 4.69. The first-order valence-corrected chi connectivity index (χ1v) is 7.00. The van der Waals surface area contributed by atoms with Crippen LogP contribution in [0.4, 0.5) is 11.5 Å². The number of nitrogens with one attached hydrogen (secondary N) is 1. The number of anilines is 2. The van der Waals surface area contributed by atoms with Gasteiger partial charge in [0.2, 0.25) is 0 Å². The summed E-state index contributed by atoms with van der Waals surface area (Å²) in [6.45, 7) is 3.66. The molecule has 0 spiro atoms. The van der Waals surface area contributed by atoms with Crippen molar-refractivity contribution in [3.8, 4) is 0 Å². The Labute approximate surface area is 96.0 Å². The Hall–Kier alpha value is -1.30. The van der Waals surface area contributed by atoms with E-state index in [0.29, 0.717) is 11.5 Å². The van der Waals surface area contributed by atoms with Crippen molar-refractivity contribution in [1.82, 2.24) is 4.98 Å². The first kappa shape index (κ1) is 12.8. The van der Waals surface area contributed by atoms with Crippen molar-refractivity contribution in [3.05, 3.63) is 17.8 Å². The van der Waals surface area contributed by atoms with Crippen LogP contribution < -0.4 is 11.1 Å². The SMILES string of the molecule is Cc1cnc(NC(C)CS(C)(=O)=O)cc1N. The summed E-state index contributed by atoms with van der Waals surface area (Å²) in [5, 5.41) is 3.00. The van der Waals surface area contributed by atoms with Gasteiger partial charge >= 0.3 is 0 Å². The third-order valence-corrected chi connectivity index (χ3v) is 3.20. The Morgan fingerprint density at radius 2 is 2.19 bits per heavy atom. The Morgan fingerprint density at radius 1 is 1.56 bits per heavy atom. The molecule has 1 unspecified atom stereocenters. The van der Waals surface area contributed by atoms with E-state index in [-0.39, 0.29) is 11.8 Å². The molecule has 0 aliphatic rings. The summed E-state index contributed by atoms with van der Waals surface area (Å²) in [7, 11) is -2.98. The minimum absolute atomic E-state index is 0.0719. The molecule has 5 nitrogen and oxygen atoms in total. The lowest BCUT2D eigenvalue weighted by molar-refractivity contribution is 0.598. The molecule has 0 saturated heterocycles. The number of aryl methyl sites for hydroxylation is 1. The standard InChI is InChI=1S/C10H17N3O2S/c1-7-5-12-10(4-9(7)11)13-8(2)6-16(3,14)15/h4-5,8H,6H2,1-3H3,(H3,11,12,13). The number of nitrogens with two attached hydrogens (primary N) is 1. The molecule has 16 heavy (non-hydrogen) atoms. The highest BCUT2D eigenvalue weighted by molar-refractivity contribution is 7.90. The number of aromatic nitrogens is 1. The first-order chi connectivity index (χ1) is 7.28. The maximum atomic E-state index is 11.1. The summed E-state index contributed by atoms with van der Waals surface area (Å²) in [4.78, 5) is 4.12. The van der Waals surface area contributed by atoms with Crippen molar-refractivity contribution in [2.45, 2.75) is 19.9 Å². The van der Waals surface area contributed by atoms with Gasteiger partial charge in [-0.1, -0.05) is 0 Å². The monoisotopic (exact) mass is 243 g/mol. The third-order valence-electron chi connectivity index (χ3n) is 2.09. The number of rotatable bonds is 4. The van der Waals surface area contributed by atoms with Crippen molar-refractivity contribution in [1.29, 1.82) is 0 Å². The molecule has 0 aromatic carbocycles. The molecule has 6 heteroatoms. The first-order valence-electron chi connectivity index (χ1n) is 4.94. The van der Waals surface area contributed by atoms with Crippen LogP contribution in [0.3, 0.4) is 0 Å². The van der Waals surface area contributed by atoms with Gasteiger partial charge in [0.1, 0.15) is 15.7 Å². The van der Waals surface area contributed by atoms with E-state index in [2.05, 4.69) is 10.3 Å². The van der Waals surface area contributed by atoms with Crippen LogP contribution in [0.5, 0.6) is 0 Å². The molecule has 1 atom stereocenters. The van der Waals surface area contributed by atoms with Crippen LogP contribution in [0.15, 0.2) is 12.3 Å². The molecule has 0 fully saturated rings. The highest BCUT2D eigenvalue weighted by Crippen LogP contribution is 2.14. The topological polar surface area (TPSA) is 85.1 Å². The maximum Gasteiger partial charge on any atom is 0.149 e. The predicted octanol–water partition coefficient (Wildman–Crippen LogP) is 0.817. The van der Waals surface area contributed by atoms with E-state index in [0.717, 1.165) is 5.56 Å². The van der Waals surface area contributed by atoms with Gasteiger partial charge in [0.05, 0.1) is 5.75 Å². The zero-order valence-electron chi connectivity index (χ0n) is 9.69. The Bertz CT molecular complexity index is 471. The largest absolute Gasteiger partial charge is 0.398 e. The molecule has 90 valence electrons. The number of hydrogen-bond donors (Lipinski definition) is 2. The van der Waals surface area contributed by atoms with Crippen molar-refractivity contribution in [2.75, 3.05) is 23.1 Å². The van der Waals surface area contributed by atoms with Crippen LogP contribution in [0.2, 0.25) is 0 Å². The van der Waals surface area contributed by atoms with Gasteiger partial charge in [-0.3, -0.25) is 0 Å². The number of nitrogen functional groups attached to an aromatic ring is 1. The van der Waals surface area contributed by atoms with E-state index in [1.54, 1.807) is 19.2 Å². The van der Waals surface area contributed by atoms with E-state index in [4.69, 9.17) is 5.73 Å². The molecule has 3 N–H and O–H groups in total. The summed E-state index contributed by atoms with van der Waals surface area (Å²) < 4.78 is 22.1. The van der Waals surface area contributed by atoms with Crippen LogP contribution in [0.25, 0.3) is 0 Å². The van der Waals surface area contributed by atoms with Gasteiger partial charge in [-0.15, -0.1) is 0 Å². The molecule has 0 aliphatic heterocycles. The van der Waals surface area contributed by atoms with Gasteiger partial charge in [0.25, 0.3) is 0 Å². The Kier molecular flexibility index (Phi) is 3.74. The molecular formula is C10H17N3O2S. The number of hydrogen-bond acceptors (Lipinski definition) is 5. The Morgan fingerprint density at radius 3 is 2.69 bits per heavy atom. The van der Waals surface area contributed by atoms with Crippen LogP contribution >= 0.6 is 0 Å². The summed E-state index contributed by atoms with van der Waals surface area (Å²) in [5.41, 5.74) is 7.27. The zero-order chi connectivity index (χ0) is 12.3. The van der Waals surface area contributed by atoms with Gasteiger partial charge in [-0.25, -0.2) is 13.4 Å². The number of sulfone groups is 1. The molecule has 1 aromatic heterocycles. The molecular weight excluding hydrogens is 226 g/mol. The minimum atomic E-state index is -2.98. The highest BCUT2D eigenvalue weighted by Gasteiger charge is 2.10. The normalized spacial score (nSPS) is 13.4. The van der Waals surface area contributed by atoms with E-state index < -0.39 is 9.84 Å². The van der Waals surface area contributed by atoms with Crippen LogP contribution in [-0.4, -0.2) is 31.5 Å². The van der Waals surface area contributed by atoms with Crippen molar-refractivity contribution in [2.24, 2.45) is 0 Å². The van der Waals surface area contributed by atoms with Crippen molar-refractivity contribution >= 4 is 21.3 Å². The number of pyridine rings is 1. The van der Waals surface area contributed by atoms with Gasteiger partial charge in [0.15, 0.2) is 0 Å². The van der Waals surface area contributed by atoms with Gasteiger partial charge < -0.3 is 11.1 Å². The maximum absolute atomic E-state index is 11.1. The van der Waals surface area contributed by atoms with E-state index in [1.165, 1.54) is 6.26 Å². The lowest BCUT2D eigenvalue weighted by Crippen LogP contribution is -2.25. The van der Waals surface area contributed by atoms with E-state index >= 15 is 0 Å². The van der Waals surface area contributed by atoms with Crippen LogP contribution in [-0.2, 0) is 9.84 Å². The summed E-state index contributed by atoms with van der Waals surface area (Å²) in [6, 6.07) is 1.51. The lowest BCUT2D eigenvalue weighted by Gasteiger charge is -2.14. The van der Waals surface area contributed by atoms with Crippen molar-refractivity contribution in [3.63, 3.8) is 0 Å². The summed E-state index contributed by atoms with van der Waals surface area (Å²) in [6.07, 6.45) is 2.87. The smallest absolute Gasteiger partial charge is 0.149 e. The number of nitrogens with zero attached hydrogens (tertiary/aromatic N) is 1. The average Bonchev–Trinajstić information content (AvgIpc) is 2.08. The van der Waals surface area contributed by atoms with E-state index in [9.17, 15) is 8.42 Å². The molecule has 0 amide bonds. The molecule has 0 aliphatic carbocycles. The third kappa shape index (κ3) is 4.06. The fourth-order valence-electron chi connectivity index (χ4n) is 1.37. The fourth-order valence-corrected chi connectivity index (χ4v) is 2.36. The van der Waals surface area contributed by atoms with Gasteiger partial charge in [0, 0.05) is 30.2 Å². The molecule has 1 aromatic rings. The van der Waals surface area contributed by atoms with Crippen molar-refractivity contribution < 1.29 is 8.42 Å². The van der Waals surface area contributed by atoms with E-state index in [1.807, 2.05) is 6.92 Å². The Balaban J connectivity index is 2.70. The molecule has 0 saturated carbocycles. The van der Waals surface area contributed by atoms with Gasteiger partial charge in [-0.2, -0.15) is 0 Å². The second-order valence-corrected chi connectivity index (χ2v) is 6.25. The van der Waals surface area contributed by atoms with Crippen LogP contribution in [0.1, 0.15) is 12.5 Å². The lowest BCUT2D eigenvalue weighted by atomic mass is 10.2. The molecule has 0 bridgehead atoms. The molecule has 1 heterocycles.